The van der Waals surface area contributed by atoms with Gasteiger partial charge in [-0.1, -0.05) is 34.4 Å². The van der Waals surface area contributed by atoms with Crippen molar-refractivity contribution in [3.05, 3.63) is 63.5 Å². The molecule has 2 saturated carbocycles. The fraction of sp³-hybridized carbons (Fsp3) is 0.516. The van der Waals surface area contributed by atoms with Crippen LogP contribution in [0.3, 0.4) is 0 Å². The number of halogens is 2. The number of anilines is 1. The van der Waals surface area contributed by atoms with Crippen molar-refractivity contribution in [2.75, 3.05) is 18.1 Å². The molecule has 4 aliphatic rings. The molecule has 10 nitrogen and oxygen atoms in total. The van der Waals surface area contributed by atoms with E-state index >= 15 is 0 Å². The molecule has 2 aliphatic carbocycles. The van der Waals surface area contributed by atoms with E-state index in [1.165, 1.54) is 6.20 Å². The number of fused-ring (bicyclic) bond motifs is 2. The summed E-state index contributed by atoms with van der Waals surface area (Å²) in [5.74, 6) is 1.60. The van der Waals surface area contributed by atoms with Crippen LogP contribution in [0.4, 0.5) is 5.82 Å². The number of nitrogens with zero attached hydrogens (tertiary/aromatic N) is 3. The summed E-state index contributed by atoms with van der Waals surface area (Å²) in [5.41, 5.74) is 2.44. The summed E-state index contributed by atoms with van der Waals surface area (Å²) in [7, 11) is -3.78. The lowest BCUT2D eigenvalue weighted by Crippen LogP contribution is -2.45. The Morgan fingerprint density at radius 2 is 1.84 bits per heavy atom. The van der Waals surface area contributed by atoms with Crippen LogP contribution in [0.1, 0.15) is 73.0 Å². The number of carbonyl (C=O) groups excluding carboxylic acids is 1. The maximum absolute atomic E-state index is 12.7. The van der Waals surface area contributed by atoms with E-state index in [9.17, 15) is 13.2 Å². The number of carbonyl (C=O) groups is 1. The summed E-state index contributed by atoms with van der Waals surface area (Å²) in [4.78, 5) is 19.6. The van der Waals surface area contributed by atoms with E-state index < -0.39 is 21.2 Å². The highest BCUT2D eigenvalue weighted by atomic mass is 35.5. The third-order valence-electron chi connectivity index (χ3n) is 9.50. The predicted octanol–water partition coefficient (Wildman–Crippen LogP) is 5.73. The monoisotopic (exact) mass is 660 g/mol. The normalized spacial score (nSPS) is 25.5. The lowest BCUT2D eigenvalue weighted by Gasteiger charge is -2.38. The molecular weight excluding hydrogens is 627 g/mol. The molecule has 2 bridgehead atoms. The van der Waals surface area contributed by atoms with Gasteiger partial charge in [-0.15, -0.1) is 0 Å². The average molecular weight is 662 g/mol. The lowest BCUT2D eigenvalue weighted by molar-refractivity contribution is 0.00359. The minimum Gasteiger partial charge on any atom is -0.381 e. The molecule has 2 aromatic heterocycles. The van der Waals surface area contributed by atoms with Crippen molar-refractivity contribution >= 4 is 45.0 Å². The van der Waals surface area contributed by atoms with Crippen LogP contribution in [0.2, 0.25) is 10.0 Å². The molecule has 0 radical (unpaired) electrons. The molecule has 2 saturated heterocycles. The van der Waals surface area contributed by atoms with Crippen LogP contribution in [-0.2, 0) is 26.1 Å². The number of piperidine rings is 1. The molecule has 4 heterocycles. The summed E-state index contributed by atoms with van der Waals surface area (Å²) in [6, 6.07) is 9.25. The molecule has 234 valence electrons. The topological polar surface area (TPSA) is 124 Å². The standard InChI is InChI=1S/C31H34Cl2N4O6S/c1-17-22-13-20(37(17)27-8-7-19(15-34-27)31(38)36-44(39,40)21-9-11-41-12-10-21)14-26(22)42-16-23-29(35-43-30(23)18-5-6-18)28-24(32)3-2-4-25(28)33/h2-4,7-8,15,17-18,20-22,26H,5-6,9-14,16H2,1H3,(H,36,38). The van der Waals surface area contributed by atoms with Crippen molar-refractivity contribution in [1.82, 2.24) is 14.9 Å². The first kappa shape index (κ1) is 30.0. The summed E-state index contributed by atoms with van der Waals surface area (Å²) < 4.78 is 45.2. The van der Waals surface area contributed by atoms with Gasteiger partial charge in [0, 0.05) is 54.5 Å². The van der Waals surface area contributed by atoms with Gasteiger partial charge in [0.15, 0.2) is 0 Å². The fourth-order valence-electron chi connectivity index (χ4n) is 7.04. The SMILES string of the molecule is CC1C2CC(CC2OCc2c(-c3c(Cl)cccc3Cl)noc2C2CC2)N1c1ccc(C(=O)NS(=O)(=O)C2CCOCC2)cn1. The van der Waals surface area contributed by atoms with E-state index in [1.54, 1.807) is 24.3 Å². The van der Waals surface area contributed by atoms with Crippen LogP contribution in [-0.4, -0.2) is 61.1 Å². The van der Waals surface area contributed by atoms with Gasteiger partial charge in [-0.25, -0.2) is 18.1 Å². The Labute approximate surface area is 266 Å². The summed E-state index contributed by atoms with van der Waals surface area (Å²) in [5, 5.41) is 4.80. The Bertz CT molecular complexity index is 1630. The van der Waals surface area contributed by atoms with Crippen LogP contribution in [0.5, 0.6) is 0 Å². The van der Waals surface area contributed by atoms with Crippen molar-refractivity contribution in [2.24, 2.45) is 5.92 Å². The van der Waals surface area contributed by atoms with E-state index in [4.69, 9.17) is 37.2 Å². The Hall–Kier alpha value is -2.70. The van der Waals surface area contributed by atoms with Crippen molar-refractivity contribution in [1.29, 1.82) is 0 Å². The molecule has 0 spiro atoms. The molecule has 1 N–H and O–H groups in total. The van der Waals surface area contributed by atoms with Gasteiger partial charge in [0.1, 0.15) is 17.3 Å². The van der Waals surface area contributed by atoms with Crippen LogP contribution in [0, 0.1) is 5.92 Å². The molecule has 7 rings (SSSR count). The fourth-order valence-corrected chi connectivity index (χ4v) is 8.97. The molecule has 1 aromatic carbocycles. The highest BCUT2D eigenvalue weighted by molar-refractivity contribution is 7.90. The molecule has 2 aliphatic heterocycles. The molecule has 13 heteroatoms. The molecule has 1 amide bonds. The highest BCUT2D eigenvalue weighted by Crippen LogP contribution is 2.48. The second kappa shape index (κ2) is 11.9. The minimum atomic E-state index is -3.78. The van der Waals surface area contributed by atoms with Crippen molar-refractivity contribution in [3.63, 3.8) is 0 Å². The van der Waals surface area contributed by atoms with Gasteiger partial charge in [0.25, 0.3) is 5.91 Å². The first-order valence-corrected chi connectivity index (χ1v) is 17.4. The number of pyridine rings is 1. The largest absolute Gasteiger partial charge is 0.381 e. The number of nitrogens with one attached hydrogen (secondary N) is 1. The van der Waals surface area contributed by atoms with Gasteiger partial charge in [-0.05, 0) is 69.7 Å². The van der Waals surface area contributed by atoms with Crippen molar-refractivity contribution in [2.45, 2.75) is 81.4 Å². The van der Waals surface area contributed by atoms with Gasteiger partial charge >= 0.3 is 0 Å². The van der Waals surface area contributed by atoms with Crippen LogP contribution < -0.4 is 9.62 Å². The van der Waals surface area contributed by atoms with Gasteiger partial charge in [0.05, 0.1) is 33.6 Å². The predicted molar refractivity (Wildman–Crippen MR) is 165 cm³/mol. The number of amides is 1. The first-order valence-electron chi connectivity index (χ1n) is 15.1. The van der Waals surface area contributed by atoms with Gasteiger partial charge < -0.3 is 18.9 Å². The van der Waals surface area contributed by atoms with Gasteiger partial charge in [-0.3, -0.25) is 4.79 Å². The van der Waals surface area contributed by atoms with E-state index in [2.05, 4.69) is 26.7 Å². The number of ether oxygens (including phenoxy) is 2. The summed E-state index contributed by atoms with van der Waals surface area (Å²) in [6.45, 7) is 3.29. The number of hydrogen-bond donors (Lipinski definition) is 1. The Morgan fingerprint density at radius 3 is 2.50 bits per heavy atom. The Kier molecular flexibility index (Phi) is 8.11. The Balaban J connectivity index is 1.01. The van der Waals surface area contributed by atoms with Crippen LogP contribution in [0.15, 0.2) is 41.1 Å². The van der Waals surface area contributed by atoms with Crippen LogP contribution >= 0.6 is 23.2 Å². The molecule has 4 atom stereocenters. The zero-order chi connectivity index (χ0) is 30.6. The summed E-state index contributed by atoms with van der Waals surface area (Å²) >= 11 is 13.1. The lowest BCUT2D eigenvalue weighted by atomic mass is 9.97. The molecule has 4 unspecified atom stereocenters. The molecule has 44 heavy (non-hydrogen) atoms. The third kappa shape index (κ3) is 5.62. The van der Waals surface area contributed by atoms with Crippen molar-refractivity contribution < 1.29 is 27.2 Å². The first-order chi connectivity index (χ1) is 21.2. The average Bonchev–Trinajstić information content (AvgIpc) is 3.52. The third-order valence-corrected chi connectivity index (χ3v) is 12.0. The summed E-state index contributed by atoms with van der Waals surface area (Å²) in [6.07, 6.45) is 6.20. The number of hydrogen-bond acceptors (Lipinski definition) is 9. The second-order valence-electron chi connectivity index (χ2n) is 12.2. The van der Waals surface area contributed by atoms with Crippen LogP contribution in [0.25, 0.3) is 11.3 Å². The highest BCUT2D eigenvalue weighted by Gasteiger charge is 2.50. The number of sulfonamides is 1. The number of aromatic nitrogens is 2. The van der Waals surface area contributed by atoms with E-state index in [0.29, 0.717) is 65.8 Å². The minimum absolute atomic E-state index is 0.0585. The maximum atomic E-state index is 12.7. The molecular formula is C31H34Cl2N4O6S. The molecule has 3 aromatic rings. The van der Waals surface area contributed by atoms with Crippen molar-refractivity contribution in [3.8, 4) is 11.3 Å². The van der Waals surface area contributed by atoms with E-state index in [-0.39, 0.29) is 23.8 Å². The quantitative estimate of drug-likeness (QED) is 0.306. The number of benzene rings is 1. The van der Waals surface area contributed by atoms with Gasteiger partial charge in [0.2, 0.25) is 10.0 Å². The zero-order valence-electron chi connectivity index (χ0n) is 24.2. The van der Waals surface area contributed by atoms with E-state index in [1.807, 2.05) is 6.07 Å². The Morgan fingerprint density at radius 1 is 1.09 bits per heavy atom. The zero-order valence-corrected chi connectivity index (χ0v) is 26.6. The van der Waals surface area contributed by atoms with Gasteiger partial charge in [-0.2, -0.15) is 0 Å². The maximum Gasteiger partial charge on any atom is 0.266 e. The molecule has 4 fully saturated rings. The number of rotatable bonds is 9. The smallest absolute Gasteiger partial charge is 0.266 e. The van der Waals surface area contributed by atoms with E-state index in [0.717, 1.165) is 42.8 Å². The second-order valence-corrected chi connectivity index (χ2v) is 15.0.